The fourth-order valence-corrected chi connectivity index (χ4v) is 3.81. The highest BCUT2D eigenvalue weighted by atomic mass is 31.2. The van der Waals surface area contributed by atoms with Crippen LogP contribution < -0.4 is 5.73 Å². The molecule has 0 aliphatic carbocycles. The molecule has 0 fully saturated rings. The predicted molar refractivity (Wildman–Crippen MR) is 127 cm³/mol. The number of hydrogen-bond acceptors (Lipinski definition) is 7. The molecule has 0 bridgehead atoms. The highest BCUT2D eigenvalue weighted by Gasteiger charge is 2.22. The minimum absolute atomic E-state index is 0.0738. The standard InChI is InChI=1S/C23H46NO7P/c1-2-3-4-5-6-7-8-9-10-11-12-13-14-15-16-17-23(26)29-20-22(25)21-31-32(27,28)30-19-18-24/h9-10,22,25H,2-8,11-21,24H2,1H3,(H,27,28)/b10-9-. The second-order valence-electron chi connectivity index (χ2n) is 8.06. The summed E-state index contributed by atoms with van der Waals surface area (Å²) in [6.45, 7) is 1.42. The quantitative estimate of drug-likeness (QED) is 0.0806. The molecule has 0 heterocycles. The topological polar surface area (TPSA) is 128 Å². The summed E-state index contributed by atoms with van der Waals surface area (Å²) in [7, 11) is -4.24. The number of ether oxygens (including phenoxy) is 1. The number of nitrogens with two attached hydrogens (primary N) is 1. The average Bonchev–Trinajstić information content (AvgIpc) is 2.77. The molecule has 0 spiro atoms. The average molecular weight is 480 g/mol. The molecule has 2 unspecified atom stereocenters. The Labute approximate surface area is 194 Å². The molecule has 0 rings (SSSR count). The second kappa shape index (κ2) is 22.1. The van der Waals surface area contributed by atoms with Gasteiger partial charge in [-0.1, -0.05) is 70.4 Å². The molecule has 2 atom stereocenters. The largest absolute Gasteiger partial charge is 0.472 e. The van der Waals surface area contributed by atoms with Crippen LogP contribution in [0.2, 0.25) is 0 Å². The van der Waals surface area contributed by atoms with Crippen LogP contribution in [0.4, 0.5) is 0 Å². The van der Waals surface area contributed by atoms with Crippen LogP contribution in [0.1, 0.15) is 96.8 Å². The lowest BCUT2D eigenvalue weighted by Crippen LogP contribution is -2.23. The summed E-state index contributed by atoms with van der Waals surface area (Å²) in [4.78, 5) is 21.0. The van der Waals surface area contributed by atoms with Crippen molar-refractivity contribution in [3.8, 4) is 0 Å². The molecule has 0 amide bonds. The van der Waals surface area contributed by atoms with E-state index in [2.05, 4.69) is 28.1 Å². The van der Waals surface area contributed by atoms with Gasteiger partial charge in [-0.25, -0.2) is 4.57 Å². The van der Waals surface area contributed by atoms with Crippen molar-refractivity contribution in [1.29, 1.82) is 0 Å². The van der Waals surface area contributed by atoms with Gasteiger partial charge in [0.1, 0.15) is 12.7 Å². The SMILES string of the molecule is CCCCCCCC/C=C\CCCCCCCC(=O)OCC(O)COP(=O)(O)OCCN. The normalized spacial score (nSPS) is 14.5. The van der Waals surface area contributed by atoms with Crippen molar-refractivity contribution < 1.29 is 33.1 Å². The summed E-state index contributed by atoms with van der Waals surface area (Å²) in [6.07, 6.45) is 19.2. The fraction of sp³-hybridized carbons (Fsp3) is 0.870. The predicted octanol–water partition coefficient (Wildman–Crippen LogP) is 5.02. The zero-order valence-corrected chi connectivity index (χ0v) is 20.8. The van der Waals surface area contributed by atoms with Crippen LogP contribution in [0.15, 0.2) is 12.2 Å². The van der Waals surface area contributed by atoms with Crippen molar-refractivity contribution in [3.05, 3.63) is 12.2 Å². The Hall–Kier alpha value is -0.760. The minimum Gasteiger partial charge on any atom is -0.463 e. The summed E-state index contributed by atoms with van der Waals surface area (Å²) in [5.41, 5.74) is 5.17. The smallest absolute Gasteiger partial charge is 0.463 e. The van der Waals surface area contributed by atoms with Gasteiger partial charge in [-0.15, -0.1) is 0 Å². The van der Waals surface area contributed by atoms with Crippen molar-refractivity contribution in [2.45, 2.75) is 103 Å². The third-order valence-corrected chi connectivity index (χ3v) is 5.87. The molecule has 0 aromatic heterocycles. The van der Waals surface area contributed by atoms with Crippen LogP contribution in [0, 0.1) is 0 Å². The first-order chi connectivity index (χ1) is 15.4. The van der Waals surface area contributed by atoms with Crippen molar-refractivity contribution in [2.75, 3.05) is 26.4 Å². The Kier molecular flexibility index (Phi) is 21.5. The van der Waals surface area contributed by atoms with E-state index in [0.29, 0.717) is 6.42 Å². The number of carbonyl (C=O) groups excluding carboxylic acids is 1. The molecule has 0 radical (unpaired) electrons. The summed E-state index contributed by atoms with van der Waals surface area (Å²) < 4.78 is 25.5. The summed E-state index contributed by atoms with van der Waals surface area (Å²) >= 11 is 0. The van der Waals surface area contributed by atoms with Crippen molar-refractivity contribution in [1.82, 2.24) is 0 Å². The molecule has 0 aliphatic rings. The van der Waals surface area contributed by atoms with Crippen LogP contribution in [-0.2, 0) is 23.1 Å². The highest BCUT2D eigenvalue weighted by molar-refractivity contribution is 7.47. The maximum absolute atomic E-state index is 11.7. The number of esters is 1. The molecule has 4 N–H and O–H groups in total. The Morgan fingerprint density at radius 2 is 1.47 bits per heavy atom. The van der Waals surface area contributed by atoms with E-state index in [1.54, 1.807) is 0 Å². The van der Waals surface area contributed by atoms with Gasteiger partial charge in [0.2, 0.25) is 0 Å². The van der Waals surface area contributed by atoms with Crippen molar-refractivity contribution in [3.63, 3.8) is 0 Å². The Bertz CT molecular complexity index is 517. The summed E-state index contributed by atoms with van der Waals surface area (Å²) in [5, 5.41) is 9.67. The van der Waals surface area contributed by atoms with E-state index >= 15 is 0 Å². The monoisotopic (exact) mass is 479 g/mol. The number of phosphoric ester groups is 1. The second-order valence-corrected chi connectivity index (χ2v) is 9.51. The number of rotatable bonds is 23. The van der Waals surface area contributed by atoms with Crippen LogP contribution in [0.5, 0.6) is 0 Å². The number of aliphatic hydroxyl groups excluding tert-OH is 1. The Balaban J connectivity index is 3.49. The maximum Gasteiger partial charge on any atom is 0.472 e. The first-order valence-corrected chi connectivity index (χ1v) is 13.7. The fourth-order valence-electron chi connectivity index (χ4n) is 3.04. The number of allylic oxidation sites excluding steroid dienone is 2. The van der Waals surface area contributed by atoms with Crippen molar-refractivity contribution >= 4 is 13.8 Å². The number of phosphoric acid groups is 1. The van der Waals surface area contributed by atoms with Gasteiger partial charge in [-0.05, 0) is 32.1 Å². The minimum atomic E-state index is -4.24. The summed E-state index contributed by atoms with van der Waals surface area (Å²) in [5.74, 6) is -0.395. The maximum atomic E-state index is 11.7. The number of hydrogen-bond donors (Lipinski definition) is 3. The number of aliphatic hydroxyl groups is 1. The molecule has 0 aromatic rings. The van der Waals surface area contributed by atoms with E-state index < -0.39 is 26.5 Å². The molecule has 0 aromatic carbocycles. The van der Waals surface area contributed by atoms with E-state index in [1.165, 1.54) is 51.4 Å². The number of carbonyl (C=O) groups is 1. The van der Waals surface area contributed by atoms with Gasteiger partial charge in [0.25, 0.3) is 0 Å². The van der Waals surface area contributed by atoms with E-state index in [9.17, 15) is 19.4 Å². The Morgan fingerprint density at radius 3 is 2.06 bits per heavy atom. The first-order valence-electron chi connectivity index (χ1n) is 12.2. The van der Waals surface area contributed by atoms with Gasteiger partial charge in [0, 0.05) is 13.0 Å². The zero-order valence-electron chi connectivity index (χ0n) is 19.9. The van der Waals surface area contributed by atoms with E-state index in [4.69, 9.17) is 10.5 Å². The lowest BCUT2D eigenvalue weighted by atomic mass is 10.1. The van der Waals surface area contributed by atoms with Gasteiger partial charge in [0.05, 0.1) is 13.2 Å². The molecular formula is C23H46NO7P. The van der Waals surface area contributed by atoms with Crippen molar-refractivity contribution in [2.24, 2.45) is 5.73 Å². The molecule has 8 nitrogen and oxygen atoms in total. The van der Waals surface area contributed by atoms with E-state index in [1.807, 2.05) is 0 Å². The van der Waals surface area contributed by atoms with Gasteiger partial charge in [-0.2, -0.15) is 0 Å². The molecule has 190 valence electrons. The summed E-state index contributed by atoms with van der Waals surface area (Å²) in [6, 6.07) is 0. The highest BCUT2D eigenvalue weighted by Crippen LogP contribution is 2.42. The third-order valence-electron chi connectivity index (χ3n) is 4.88. The number of unbranched alkanes of at least 4 members (excludes halogenated alkanes) is 11. The van der Waals surface area contributed by atoms with Gasteiger partial charge in [0.15, 0.2) is 0 Å². The lowest BCUT2D eigenvalue weighted by molar-refractivity contribution is -0.147. The zero-order chi connectivity index (χ0) is 23.9. The van der Waals surface area contributed by atoms with E-state index in [0.717, 1.165) is 32.1 Å². The van der Waals surface area contributed by atoms with Crippen LogP contribution in [0.25, 0.3) is 0 Å². The van der Waals surface area contributed by atoms with Gasteiger partial charge < -0.3 is 20.5 Å². The Morgan fingerprint density at radius 1 is 0.906 bits per heavy atom. The molecule has 0 aliphatic heterocycles. The molecule has 32 heavy (non-hydrogen) atoms. The molecule has 0 saturated heterocycles. The third kappa shape index (κ3) is 22.4. The van der Waals surface area contributed by atoms with Gasteiger partial charge >= 0.3 is 13.8 Å². The van der Waals surface area contributed by atoms with E-state index in [-0.39, 0.29) is 19.8 Å². The lowest BCUT2D eigenvalue weighted by Gasteiger charge is -2.15. The molecule has 9 heteroatoms. The van der Waals surface area contributed by atoms with Crippen LogP contribution in [-0.4, -0.2) is 48.4 Å². The first kappa shape index (κ1) is 31.2. The van der Waals surface area contributed by atoms with Crippen LogP contribution >= 0.6 is 7.82 Å². The van der Waals surface area contributed by atoms with Crippen LogP contribution in [0.3, 0.4) is 0 Å². The van der Waals surface area contributed by atoms with Gasteiger partial charge in [-0.3, -0.25) is 13.8 Å². The molecule has 0 saturated carbocycles. The molecular weight excluding hydrogens is 433 g/mol.